The maximum atomic E-state index is 13.7. The second-order valence-electron chi connectivity index (χ2n) is 7.07. The average molecular weight is 594 g/mol. The minimum absolute atomic E-state index is 3.10. The van der Waals surface area contributed by atoms with Crippen molar-refractivity contribution in [2.75, 3.05) is 0 Å². The van der Waals surface area contributed by atoms with Crippen molar-refractivity contribution in [3.63, 3.8) is 0 Å². The molecule has 0 aromatic heterocycles. The van der Waals surface area contributed by atoms with Crippen LogP contribution in [0.15, 0.2) is 0 Å². The molecule has 1 aliphatic heterocycles. The lowest BCUT2D eigenvalue weighted by molar-refractivity contribution is -0.440. The second-order valence-corrected chi connectivity index (χ2v) is 7.07. The highest BCUT2D eigenvalue weighted by Crippen LogP contribution is 2.63. The fraction of sp³-hybridized carbons (Fsp3) is 1.00. The summed E-state index contributed by atoms with van der Waals surface area (Å²) in [7, 11) is 0. The molecule has 0 spiro atoms. The van der Waals surface area contributed by atoms with Gasteiger partial charge in [0.25, 0.3) is 0 Å². The first-order chi connectivity index (χ1) is 15.2. The Hall–Kier alpha value is -1.58. The van der Waals surface area contributed by atoms with E-state index in [0.717, 1.165) is 0 Å². The molecule has 2 unspecified atom stereocenters. The molecule has 1 saturated heterocycles. The molecule has 2 atom stereocenters. The van der Waals surface area contributed by atoms with Gasteiger partial charge < -0.3 is 4.74 Å². The summed E-state index contributed by atoms with van der Waals surface area (Å²) in [6, 6.07) is 0. The van der Waals surface area contributed by atoms with Gasteiger partial charge in [0.1, 0.15) is 0 Å². The zero-order valence-corrected chi connectivity index (χ0v) is 15.6. The monoisotopic (exact) mass is 594 g/mol. The van der Waals surface area contributed by atoms with E-state index in [1.807, 2.05) is 0 Å². The smallest absolute Gasteiger partial charge is 0.363 e. The Labute approximate surface area is 181 Å². The third kappa shape index (κ3) is 4.19. The summed E-state index contributed by atoms with van der Waals surface area (Å²) in [5.41, 5.74) is 0. The summed E-state index contributed by atoms with van der Waals surface area (Å²) in [5.74, 6) is -62.3. The molecule has 0 amide bonds. The molecule has 0 aromatic rings. The van der Waals surface area contributed by atoms with Gasteiger partial charge in [0.2, 0.25) is 0 Å². The van der Waals surface area contributed by atoms with Crippen molar-refractivity contribution in [3.8, 4) is 0 Å². The van der Waals surface area contributed by atoms with Crippen molar-refractivity contribution in [1.82, 2.24) is 0 Å². The van der Waals surface area contributed by atoms with Gasteiger partial charge in [-0.2, -0.15) is 96.6 Å². The fourth-order valence-corrected chi connectivity index (χ4v) is 2.37. The van der Waals surface area contributed by atoms with Gasteiger partial charge in [-0.15, -0.1) is 0 Å². The second kappa shape index (κ2) is 7.96. The van der Waals surface area contributed by atoms with Crippen molar-refractivity contribution >= 4 is 0 Å². The molecule has 0 bridgehead atoms. The van der Waals surface area contributed by atoms with Crippen LogP contribution >= 0.6 is 0 Å². The van der Waals surface area contributed by atoms with E-state index in [4.69, 9.17) is 0 Å². The number of rotatable bonds is 9. The summed E-state index contributed by atoms with van der Waals surface area (Å²) in [6.45, 7) is 0. The molecule has 0 aliphatic carbocycles. The lowest BCUT2D eigenvalue weighted by Gasteiger charge is -2.39. The first kappa shape index (κ1) is 32.4. The van der Waals surface area contributed by atoms with E-state index >= 15 is 0 Å². The van der Waals surface area contributed by atoms with Crippen LogP contribution < -0.4 is 0 Å². The summed E-state index contributed by atoms with van der Waals surface area (Å²) >= 11 is 0. The van der Waals surface area contributed by atoms with Gasteiger partial charge in [-0.3, -0.25) is 0 Å². The van der Waals surface area contributed by atoms with E-state index in [1.165, 1.54) is 0 Å². The van der Waals surface area contributed by atoms with Gasteiger partial charge in [0.15, 0.2) is 6.10 Å². The quantitative estimate of drug-likeness (QED) is 0.201. The molecule has 1 rings (SSSR count). The van der Waals surface area contributed by atoms with Crippen LogP contribution in [-0.2, 0) is 4.74 Å². The number of alkyl halides is 22. The molecular weight excluding hydrogens is 590 g/mol. The maximum absolute atomic E-state index is 13.7. The van der Waals surface area contributed by atoms with Crippen LogP contribution in [0.3, 0.4) is 0 Å². The highest BCUT2D eigenvalue weighted by Gasteiger charge is 2.93. The Morgan fingerprint density at radius 1 is 0.389 bits per heavy atom. The highest BCUT2D eigenvalue weighted by molar-refractivity contribution is 5.15. The first-order valence-electron chi connectivity index (χ1n) is 8.01. The van der Waals surface area contributed by atoms with Crippen LogP contribution in [0.1, 0.15) is 6.42 Å². The molecule has 0 aromatic carbocycles. The van der Waals surface area contributed by atoms with Gasteiger partial charge in [0.05, 0.1) is 6.10 Å². The third-order valence-corrected chi connectivity index (χ3v) is 4.56. The number of hydrogen-bond acceptors (Lipinski definition) is 1. The number of halogens is 22. The van der Waals surface area contributed by atoms with Gasteiger partial charge in [0, 0.05) is 6.42 Å². The molecule has 0 saturated carbocycles. The Bertz CT molecular complexity index is 817. The van der Waals surface area contributed by atoms with Gasteiger partial charge in [-0.05, 0) is 0 Å². The lowest BCUT2D eigenvalue weighted by atomic mass is 9.90. The number of hydrogen-bond donors (Lipinski definition) is 0. The summed E-state index contributed by atoms with van der Waals surface area (Å²) in [5, 5.41) is 0. The van der Waals surface area contributed by atoms with Crippen LogP contribution in [-0.4, -0.2) is 71.9 Å². The Balaban J connectivity index is 3.33. The fourth-order valence-electron chi connectivity index (χ4n) is 2.37. The summed E-state index contributed by atoms with van der Waals surface area (Å²) < 4.78 is 285. The Morgan fingerprint density at radius 3 is 1.03 bits per heavy atom. The molecule has 1 aliphatic rings. The van der Waals surface area contributed by atoms with Gasteiger partial charge >= 0.3 is 59.7 Å². The summed E-state index contributed by atoms with van der Waals surface area (Å²) in [4.78, 5) is 0. The molecule has 36 heavy (non-hydrogen) atoms. The van der Waals surface area contributed by atoms with E-state index in [-0.39, 0.29) is 0 Å². The molecule has 1 heterocycles. The Morgan fingerprint density at radius 2 is 0.694 bits per heavy atom. The van der Waals surface area contributed by atoms with Crippen LogP contribution in [0.25, 0.3) is 0 Å². The van der Waals surface area contributed by atoms with E-state index in [0.29, 0.717) is 0 Å². The van der Waals surface area contributed by atoms with Crippen LogP contribution in [0.5, 0.6) is 0 Å². The standard InChI is InChI=1S/C13H4F22O/c14-4(15,6(18,19)10(26,27)12(30,31)32)1-2-3(36-2)5(16,17)7(20,21)8(22,23)9(24,25)11(28,29)13(33,34)35/h2-3H,1H2. The van der Waals surface area contributed by atoms with E-state index in [1.54, 1.807) is 0 Å². The summed E-state index contributed by atoms with van der Waals surface area (Å²) in [6.07, 6.45) is -27.0. The van der Waals surface area contributed by atoms with E-state index in [9.17, 15) is 96.6 Å². The minimum atomic E-state index is -8.41. The third-order valence-electron chi connectivity index (χ3n) is 4.56. The topological polar surface area (TPSA) is 12.5 Å². The average Bonchev–Trinajstić information content (AvgIpc) is 3.37. The zero-order chi connectivity index (χ0) is 29.6. The lowest BCUT2D eigenvalue weighted by Crippen LogP contribution is -2.71. The largest absolute Gasteiger partial charge is 0.460 e. The molecule has 0 N–H and O–H groups in total. The van der Waals surface area contributed by atoms with Gasteiger partial charge in [-0.25, -0.2) is 0 Å². The number of ether oxygens (including phenoxy) is 1. The van der Waals surface area contributed by atoms with Crippen molar-refractivity contribution in [3.05, 3.63) is 0 Å². The predicted molar refractivity (Wildman–Crippen MR) is 65.0 cm³/mol. The van der Waals surface area contributed by atoms with Gasteiger partial charge in [-0.1, -0.05) is 0 Å². The van der Waals surface area contributed by atoms with Crippen molar-refractivity contribution in [1.29, 1.82) is 0 Å². The molecule has 23 heteroatoms. The van der Waals surface area contributed by atoms with Crippen LogP contribution in [0.2, 0.25) is 0 Å². The zero-order valence-electron chi connectivity index (χ0n) is 15.6. The SMILES string of the molecule is FC(F)(F)C(F)(F)C(F)(F)C(F)(F)CC1OC1C(F)(F)C(F)(F)C(F)(F)C(F)(F)C(F)(F)C(F)(F)F. The first-order valence-corrected chi connectivity index (χ1v) is 8.01. The predicted octanol–water partition coefficient (Wildman–Crippen LogP) is 7.35. The highest BCUT2D eigenvalue weighted by atomic mass is 19.4. The van der Waals surface area contributed by atoms with Crippen LogP contribution in [0.4, 0.5) is 96.6 Å². The van der Waals surface area contributed by atoms with E-state index in [2.05, 4.69) is 4.74 Å². The molecular formula is C13H4F22O. The van der Waals surface area contributed by atoms with Crippen molar-refractivity contribution in [2.45, 2.75) is 78.4 Å². The minimum Gasteiger partial charge on any atom is -0.363 e. The molecule has 1 fully saturated rings. The maximum Gasteiger partial charge on any atom is 0.460 e. The van der Waals surface area contributed by atoms with Crippen molar-refractivity contribution in [2.24, 2.45) is 0 Å². The number of epoxide rings is 1. The molecule has 0 radical (unpaired) electrons. The van der Waals surface area contributed by atoms with Crippen molar-refractivity contribution < 1.29 is 101 Å². The van der Waals surface area contributed by atoms with Crippen LogP contribution in [0, 0.1) is 0 Å². The Kier molecular flexibility index (Phi) is 7.18. The van der Waals surface area contributed by atoms with E-state index < -0.39 is 78.4 Å². The normalized spacial score (nSPS) is 22.2. The molecule has 216 valence electrons. The molecule has 1 nitrogen and oxygen atoms in total.